The maximum atomic E-state index is 12.0. The van der Waals surface area contributed by atoms with Gasteiger partial charge in [-0.1, -0.05) is 64.5 Å². The van der Waals surface area contributed by atoms with Crippen LogP contribution in [0.5, 0.6) is 5.75 Å². The van der Waals surface area contributed by atoms with E-state index < -0.39 is 0 Å². The van der Waals surface area contributed by atoms with E-state index in [1.165, 1.54) is 0 Å². The molecule has 1 N–H and O–H groups in total. The molecule has 0 fully saturated rings. The molecule has 1 amide bonds. The van der Waals surface area contributed by atoms with Crippen molar-refractivity contribution in [2.75, 3.05) is 0 Å². The molecule has 0 aliphatic heterocycles. The van der Waals surface area contributed by atoms with Crippen LogP contribution in [0.2, 0.25) is 0 Å². The molecule has 3 rings (SSSR count). The molecule has 0 aliphatic rings. The number of hydrogen-bond donors (Lipinski definition) is 1. The van der Waals surface area contributed by atoms with Crippen LogP contribution in [0.3, 0.4) is 0 Å². The van der Waals surface area contributed by atoms with Crippen LogP contribution in [0.4, 0.5) is 0 Å². The largest absolute Gasteiger partial charge is 0.488 e. The number of hydrazone groups is 1. The van der Waals surface area contributed by atoms with E-state index >= 15 is 0 Å². The van der Waals surface area contributed by atoms with Gasteiger partial charge in [0.05, 0.1) is 6.21 Å². The lowest BCUT2D eigenvalue weighted by molar-refractivity contribution is 0.0955. The lowest BCUT2D eigenvalue weighted by Crippen LogP contribution is -2.17. The number of nitrogens with zero attached hydrogens (tertiary/aromatic N) is 1. The fourth-order valence-electron chi connectivity index (χ4n) is 2.30. The molecular weight excluding hydrogens is 392 g/mol. The van der Waals surface area contributed by atoms with Gasteiger partial charge in [-0.3, -0.25) is 4.79 Å². The van der Waals surface area contributed by atoms with E-state index in [0.717, 1.165) is 15.6 Å². The number of carbonyl (C=O) groups excluding carboxylic acids is 1. The molecule has 4 nitrogen and oxygen atoms in total. The van der Waals surface area contributed by atoms with Crippen molar-refractivity contribution in [3.8, 4) is 5.75 Å². The standard InChI is InChI=1S/C21H17BrN2O2/c22-19-11-12-20(26-15-16-7-3-1-4-8-16)18(13-19)14-23-24-21(25)17-9-5-2-6-10-17/h1-14H,15H2,(H,24,25)/b23-14-. The van der Waals surface area contributed by atoms with Gasteiger partial charge in [0.1, 0.15) is 12.4 Å². The third-order valence-corrected chi connectivity index (χ3v) is 4.11. The highest BCUT2D eigenvalue weighted by atomic mass is 79.9. The second kappa shape index (κ2) is 8.97. The summed E-state index contributed by atoms with van der Waals surface area (Å²) in [6, 6.07) is 24.5. The molecular formula is C21H17BrN2O2. The Bertz CT molecular complexity index is 896. The Labute approximate surface area is 160 Å². The van der Waals surface area contributed by atoms with Crippen molar-refractivity contribution in [1.82, 2.24) is 5.43 Å². The fourth-order valence-corrected chi connectivity index (χ4v) is 2.68. The number of amides is 1. The molecule has 5 heteroatoms. The van der Waals surface area contributed by atoms with E-state index in [9.17, 15) is 4.79 Å². The molecule has 0 heterocycles. The average molecular weight is 409 g/mol. The van der Waals surface area contributed by atoms with Crippen LogP contribution in [0, 0.1) is 0 Å². The number of benzene rings is 3. The van der Waals surface area contributed by atoms with Crippen LogP contribution < -0.4 is 10.2 Å². The quantitative estimate of drug-likeness (QED) is 0.470. The van der Waals surface area contributed by atoms with Crippen molar-refractivity contribution < 1.29 is 9.53 Å². The molecule has 0 saturated heterocycles. The Morgan fingerprint density at radius 3 is 2.42 bits per heavy atom. The molecule has 0 aliphatic carbocycles. The normalized spacial score (nSPS) is 10.7. The highest BCUT2D eigenvalue weighted by molar-refractivity contribution is 9.10. The third kappa shape index (κ3) is 5.04. The molecule has 0 atom stereocenters. The van der Waals surface area contributed by atoms with Gasteiger partial charge in [-0.25, -0.2) is 5.43 Å². The topological polar surface area (TPSA) is 50.7 Å². The van der Waals surface area contributed by atoms with Crippen molar-refractivity contribution in [1.29, 1.82) is 0 Å². The number of halogens is 1. The lowest BCUT2D eigenvalue weighted by Gasteiger charge is -2.09. The molecule has 26 heavy (non-hydrogen) atoms. The Balaban J connectivity index is 1.68. The zero-order valence-corrected chi connectivity index (χ0v) is 15.5. The minimum Gasteiger partial charge on any atom is -0.488 e. The predicted octanol–water partition coefficient (Wildman–Crippen LogP) is 4.79. The number of nitrogens with one attached hydrogen (secondary N) is 1. The summed E-state index contributed by atoms with van der Waals surface area (Å²) in [6.07, 6.45) is 1.58. The van der Waals surface area contributed by atoms with Crippen LogP contribution in [-0.2, 0) is 6.61 Å². The van der Waals surface area contributed by atoms with Gasteiger partial charge in [-0.05, 0) is 35.9 Å². The summed E-state index contributed by atoms with van der Waals surface area (Å²) in [5, 5.41) is 4.05. The number of ether oxygens (including phenoxy) is 1. The summed E-state index contributed by atoms with van der Waals surface area (Å²) in [5.74, 6) is 0.429. The van der Waals surface area contributed by atoms with Gasteiger partial charge in [-0.2, -0.15) is 5.10 Å². The molecule has 0 bridgehead atoms. The van der Waals surface area contributed by atoms with Gasteiger partial charge in [0.25, 0.3) is 5.91 Å². The van der Waals surface area contributed by atoms with E-state index in [-0.39, 0.29) is 5.91 Å². The molecule has 0 unspecified atom stereocenters. The number of carbonyl (C=O) groups is 1. The second-order valence-corrected chi connectivity index (χ2v) is 6.44. The van der Waals surface area contributed by atoms with Crippen LogP contribution in [0.15, 0.2) is 88.4 Å². The van der Waals surface area contributed by atoms with E-state index in [1.807, 2.05) is 66.7 Å². The molecule has 0 aromatic heterocycles. The van der Waals surface area contributed by atoms with Crippen LogP contribution in [0.1, 0.15) is 21.5 Å². The van der Waals surface area contributed by atoms with Crippen molar-refractivity contribution in [3.05, 3.63) is 100 Å². The van der Waals surface area contributed by atoms with Crippen LogP contribution in [0.25, 0.3) is 0 Å². The number of rotatable bonds is 6. The first-order valence-corrected chi connectivity index (χ1v) is 8.86. The second-order valence-electron chi connectivity index (χ2n) is 5.52. The SMILES string of the molecule is O=C(N/N=C\c1cc(Br)ccc1OCc1ccccc1)c1ccccc1. The Morgan fingerprint density at radius 2 is 1.69 bits per heavy atom. The summed E-state index contributed by atoms with van der Waals surface area (Å²) >= 11 is 3.45. The van der Waals surface area contributed by atoms with Gasteiger partial charge in [0, 0.05) is 15.6 Å². The minimum atomic E-state index is -0.261. The fraction of sp³-hybridized carbons (Fsp3) is 0.0476. The van der Waals surface area contributed by atoms with Gasteiger partial charge in [0.15, 0.2) is 0 Å². The van der Waals surface area contributed by atoms with Gasteiger partial charge < -0.3 is 4.74 Å². The van der Waals surface area contributed by atoms with Crippen molar-refractivity contribution in [2.24, 2.45) is 5.10 Å². The van der Waals surface area contributed by atoms with Gasteiger partial charge >= 0.3 is 0 Å². The first-order valence-electron chi connectivity index (χ1n) is 8.07. The van der Waals surface area contributed by atoms with Crippen molar-refractivity contribution in [2.45, 2.75) is 6.61 Å². The van der Waals surface area contributed by atoms with Crippen LogP contribution in [-0.4, -0.2) is 12.1 Å². The Morgan fingerprint density at radius 1 is 1.00 bits per heavy atom. The molecule has 130 valence electrons. The van der Waals surface area contributed by atoms with Gasteiger partial charge in [0.2, 0.25) is 0 Å². The average Bonchev–Trinajstić information content (AvgIpc) is 2.69. The molecule has 0 radical (unpaired) electrons. The van der Waals surface area contributed by atoms with E-state index in [4.69, 9.17) is 4.74 Å². The summed E-state index contributed by atoms with van der Waals surface area (Å²) < 4.78 is 6.80. The molecule has 0 spiro atoms. The Kier molecular flexibility index (Phi) is 6.17. The maximum Gasteiger partial charge on any atom is 0.271 e. The smallest absolute Gasteiger partial charge is 0.271 e. The number of hydrogen-bond acceptors (Lipinski definition) is 3. The Hall–Kier alpha value is -2.92. The first kappa shape index (κ1) is 17.9. The highest BCUT2D eigenvalue weighted by Crippen LogP contribution is 2.22. The van der Waals surface area contributed by atoms with E-state index in [2.05, 4.69) is 26.5 Å². The molecule has 3 aromatic carbocycles. The van der Waals surface area contributed by atoms with E-state index in [0.29, 0.717) is 17.9 Å². The summed E-state index contributed by atoms with van der Waals surface area (Å²) in [6.45, 7) is 0.458. The zero-order chi connectivity index (χ0) is 18.2. The highest BCUT2D eigenvalue weighted by Gasteiger charge is 2.05. The third-order valence-electron chi connectivity index (χ3n) is 3.61. The van der Waals surface area contributed by atoms with E-state index in [1.54, 1.807) is 18.3 Å². The predicted molar refractivity (Wildman–Crippen MR) is 106 cm³/mol. The summed E-state index contributed by atoms with van der Waals surface area (Å²) in [5.41, 5.74) is 4.93. The monoisotopic (exact) mass is 408 g/mol. The summed E-state index contributed by atoms with van der Waals surface area (Å²) in [7, 11) is 0. The molecule has 0 saturated carbocycles. The van der Waals surface area contributed by atoms with Gasteiger partial charge in [-0.15, -0.1) is 0 Å². The lowest BCUT2D eigenvalue weighted by atomic mass is 10.2. The minimum absolute atomic E-state index is 0.261. The molecule has 3 aromatic rings. The zero-order valence-electron chi connectivity index (χ0n) is 13.9. The summed E-state index contributed by atoms with van der Waals surface area (Å²) in [4.78, 5) is 12.0. The van der Waals surface area contributed by atoms with Crippen molar-refractivity contribution in [3.63, 3.8) is 0 Å². The first-order chi connectivity index (χ1) is 12.7. The maximum absolute atomic E-state index is 12.0. The van der Waals surface area contributed by atoms with Crippen LogP contribution >= 0.6 is 15.9 Å². The van der Waals surface area contributed by atoms with Crippen molar-refractivity contribution >= 4 is 28.1 Å².